The van der Waals surface area contributed by atoms with Gasteiger partial charge < -0.3 is 4.74 Å². The van der Waals surface area contributed by atoms with Crippen LogP contribution in [0.4, 0.5) is 14.5 Å². The molecule has 0 atom stereocenters. The molecule has 0 bridgehead atoms. The summed E-state index contributed by atoms with van der Waals surface area (Å²) in [6, 6.07) is 10.9. The van der Waals surface area contributed by atoms with Gasteiger partial charge in [-0.15, -0.1) is 11.3 Å². The quantitative estimate of drug-likeness (QED) is 0.639. The van der Waals surface area contributed by atoms with E-state index in [9.17, 15) is 22.0 Å². The van der Waals surface area contributed by atoms with E-state index < -0.39 is 33.3 Å². The molecule has 0 saturated carbocycles. The molecular formula is C18H13F2NO4S2. The predicted octanol–water partition coefficient (Wildman–Crippen LogP) is 4.28. The van der Waals surface area contributed by atoms with Crippen LogP contribution in [0.2, 0.25) is 0 Å². The molecule has 3 rings (SSSR count). The van der Waals surface area contributed by atoms with E-state index in [1.165, 1.54) is 5.38 Å². The van der Waals surface area contributed by atoms with Crippen LogP contribution in [0.5, 0.6) is 0 Å². The summed E-state index contributed by atoms with van der Waals surface area (Å²) in [5.41, 5.74) is 0.241. The fourth-order valence-electron chi connectivity index (χ4n) is 2.44. The van der Waals surface area contributed by atoms with Crippen molar-refractivity contribution in [1.82, 2.24) is 0 Å². The fraction of sp³-hybridized carbons (Fsp3) is 0.0556. The van der Waals surface area contributed by atoms with Crippen LogP contribution in [0.1, 0.15) is 9.67 Å². The number of thiophene rings is 1. The first-order chi connectivity index (χ1) is 12.8. The van der Waals surface area contributed by atoms with Crippen LogP contribution in [0.25, 0.3) is 11.1 Å². The minimum atomic E-state index is -4.42. The Morgan fingerprint density at radius 1 is 1.11 bits per heavy atom. The number of carbonyl (C=O) groups excluding carboxylic acids is 1. The van der Waals surface area contributed by atoms with Crippen molar-refractivity contribution in [2.45, 2.75) is 4.90 Å². The molecule has 140 valence electrons. The Balaban J connectivity index is 2.17. The van der Waals surface area contributed by atoms with Crippen molar-refractivity contribution in [2.24, 2.45) is 0 Å². The highest BCUT2D eigenvalue weighted by Gasteiger charge is 2.30. The van der Waals surface area contributed by atoms with Crippen LogP contribution in [0.15, 0.2) is 58.8 Å². The van der Waals surface area contributed by atoms with Gasteiger partial charge in [0.25, 0.3) is 10.0 Å². The number of ether oxygens (including phenoxy) is 1. The van der Waals surface area contributed by atoms with Crippen molar-refractivity contribution in [3.8, 4) is 11.1 Å². The molecule has 0 spiro atoms. The number of halogens is 2. The number of nitrogens with one attached hydrogen (secondary N) is 1. The van der Waals surface area contributed by atoms with Crippen LogP contribution < -0.4 is 4.72 Å². The molecule has 27 heavy (non-hydrogen) atoms. The lowest BCUT2D eigenvalue weighted by Gasteiger charge is -2.12. The number of esters is 1. The van der Waals surface area contributed by atoms with Gasteiger partial charge in [0.15, 0.2) is 0 Å². The van der Waals surface area contributed by atoms with Crippen LogP contribution in [0, 0.1) is 11.6 Å². The molecule has 1 N–H and O–H groups in total. The second kappa shape index (κ2) is 7.45. The smallest absolute Gasteiger partial charge is 0.349 e. The third-order valence-electron chi connectivity index (χ3n) is 3.64. The van der Waals surface area contributed by atoms with Gasteiger partial charge in [-0.1, -0.05) is 30.3 Å². The van der Waals surface area contributed by atoms with Gasteiger partial charge in [-0.25, -0.2) is 22.0 Å². The van der Waals surface area contributed by atoms with Crippen molar-refractivity contribution in [3.05, 3.63) is 70.4 Å². The van der Waals surface area contributed by atoms with E-state index >= 15 is 0 Å². The Kier molecular flexibility index (Phi) is 5.24. The van der Waals surface area contributed by atoms with Gasteiger partial charge in [-0.05, 0) is 17.7 Å². The van der Waals surface area contributed by atoms with E-state index in [-0.39, 0.29) is 15.3 Å². The van der Waals surface area contributed by atoms with Crippen LogP contribution >= 0.6 is 11.3 Å². The van der Waals surface area contributed by atoms with Crippen LogP contribution in [-0.4, -0.2) is 21.5 Å². The van der Waals surface area contributed by atoms with E-state index in [1.807, 2.05) is 4.72 Å². The summed E-state index contributed by atoms with van der Waals surface area (Å²) in [5.74, 6) is -2.60. The van der Waals surface area contributed by atoms with Crippen molar-refractivity contribution in [3.63, 3.8) is 0 Å². The number of carbonyl (C=O) groups is 1. The maximum Gasteiger partial charge on any atom is 0.349 e. The van der Waals surface area contributed by atoms with Gasteiger partial charge in [-0.2, -0.15) is 0 Å². The van der Waals surface area contributed by atoms with E-state index in [2.05, 4.69) is 4.74 Å². The lowest BCUT2D eigenvalue weighted by atomic mass is 10.1. The van der Waals surface area contributed by atoms with E-state index in [0.29, 0.717) is 5.56 Å². The lowest BCUT2D eigenvalue weighted by Crippen LogP contribution is -2.17. The Hall–Kier alpha value is -2.78. The molecule has 5 nitrogen and oxygen atoms in total. The van der Waals surface area contributed by atoms with Crippen molar-refractivity contribution in [1.29, 1.82) is 0 Å². The third-order valence-corrected chi connectivity index (χ3v) is 6.18. The molecule has 2 aromatic carbocycles. The molecule has 0 aliphatic rings. The minimum absolute atomic E-state index is 0.166. The highest BCUT2D eigenvalue weighted by atomic mass is 32.2. The molecule has 9 heteroatoms. The van der Waals surface area contributed by atoms with Gasteiger partial charge in [0.2, 0.25) is 0 Å². The average molecular weight is 409 g/mol. The zero-order chi connectivity index (χ0) is 19.6. The number of hydrogen-bond acceptors (Lipinski definition) is 5. The minimum Gasteiger partial charge on any atom is -0.465 e. The maximum absolute atomic E-state index is 13.9. The largest absolute Gasteiger partial charge is 0.465 e. The first kappa shape index (κ1) is 19.0. The zero-order valence-corrected chi connectivity index (χ0v) is 15.5. The van der Waals surface area contributed by atoms with Crippen molar-refractivity contribution in [2.75, 3.05) is 11.8 Å². The van der Waals surface area contributed by atoms with Gasteiger partial charge in [0.1, 0.15) is 21.4 Å². The number of rotatable bonds is 5. The number of benzene rings is 2. The zero-order valence-electron chi connectivity index (χ0n) is 13.9. The second-order valence-corrected chi connectivity index (χ2v) is 7.89. The normalized spacial score (nSPS) is 11.2. The van der Waals surface area contributed by atoms with Crippen LogP contribution in [0.3, 0.4) is 0 Å². The summed E-state index contributed by atoms with van der Waals surface area (Å²) in [7, 11) is -3.30. The Bertz CT molecular complexity index is 1100. The summed E-state index contributed by atoms with van der Waals surface area (Å²) in [4.78, 5) is 11.5. The van der Waals surface area contributed by atoms with Crippen LogP contribution in [-0.2, 0) is 14.8 Å². The molecule has 0 saturated heterocycles. The fourth-order valence-corrected chi connectivity index (χ4v) is 5.21. The molecule has 1 aromatic heterocycles. The molecule has 0 aliphatic heterocycles. The van der Waals surface area contributed by atoms with Gasteiger partial charge >= 0.3 is 5.97 Å². The summed E-state index contributed by atoms with van der Waals surface area (Å²) in [5, 5.41) is 1.50. The van der Waals surface area contributed by atoms with Crippen molar-refractivity contribution >= 4 is 33.0 Å². The standard InChI is InChI=1S/C18H13F2NO4S2/c1-25-18(22)16-17(13(10-26-16)11-5-3-2-4-6-11)27(23,24)21-15-9-12(19)7-8-14(15)20/h2-10,21H,1H3. The topological polar surface area (TPSA) is 72.5 Å². The summed E-state index contributed by atoms with van der Waals surface area (Å²) in [6.07, 6.45) is 0. The molecule has 0 radical (unpaired) electrons. The Morgan fingerprint density at radius 2 is 1.81 bits per heavy atom. The molecule has 0 amide bonds. The van der Waals surface area contributed by atoms with Gasteiger partial charge in [-0.3, -0.25) is 4.72 Å². The maximum atomic E-state index is 13.9. The summed E-state index contributed by atoms with van der Waals surface area (Å²) < 4.78 is 59.9. The predicted molar refractivity (Wildman–Crippen MR) is 98.3 cm³/mol. The number of sulfonamides is 1. The van der Waals surface area contributed by atoms with E-state index in [4.69, 9.17) is 0 Å². The average Bonchev–Trinajstić information content (AvgIpc) is 3.11. The van der Waals surface area contributed by atoms with E-state index in [1.54, 1.807) is 30.3 Å². The highest BCUT2D eigenvalue weighted by molar-refractivity contribution is 7.93. The molecule has 0 aliphatic carbocycles. The molecule has 1 heterocycles. The van der Waals surface area contributed by atoms with Gasteiger partial charge in [0, 0.05) is 17.0 Å². The number of hydrogen-bond donors (Lipinski definition) is 1. The summed E-state index contributed by atoms with van der Waals surface area (Å²) >= 11 is 0.887. The molecule has 0 fully saturated rings. The van der Waals surface area contributed by atoms with Gasteiger partial charge in [0.05, 0.1) is 12.8 Å². The Morgan fingerprint density at radius 3 is 2.48 bits per heavy atom. The summed E-state index contributed by atoms with van der Waals surface area (Å²) in [6.45, 7) is 0. The monoisotopic (exact) mass is 409 g/mol. The first-order valence-corrected chi connectivity index (χ1v) is 9.93. The number of anilines is 1. The van der Waals surface area contributed by atoms with Crippen molar-refractivity contribution < 1.29 is 26.7 Å². The second-order valence-electron chi connectivity index (χ2n) is 5.39. The highest BCUT2D eigenvalue weighted by Crippen LogP contribution is 2.37. The SMILES string of the molecule is COC(=O)c1scc(-c2ccccc2)c1S(=O)(=O)Nc1cc(F)ccc1F. The third kappa shape index (κ3) is 3.83. The molecular weight excluding hydrogens is 396 g/mol. The Labute approximate surface area is 158 Å². The molecule has 0 unspecified atom stereocenters. The number of methoxy groups -OCH3 is 1. The molecule has 3 aromatic rings. The first-order valence-electron chi connectivity index (χ1n) is 7.56. The lowest BCUT2D eigenvalue weighted by molar-refractivity contribution is 0.0602. The van der Waals surface area contributed by atoms with E-state index in [0.717, 1.165) is 36.6 Å².